The normalized spacial score (nSPS) is 15.2. The summed E-state index contributed by atoms with van der Waals surface area (Å²) in [5.74, 6) is 0.980. The first kappa shape index (κ1) is 20.3. The van der Waals surface area contributed by atoms with Gasteiger partial charge in [0.25, 0.3) is 0 Å². The van der Waals surface area contributed by atoms with Crippen molar-refractivity contribution in [2.75, 3.05) is 26.2 Å². The number of aryl methyl sites for hydroxylation is 2. The van der Waals surface area contributed by atoms with Crippen LogP contribution in [-0.4, -0.2) is 62.6 Å². The molecule has 2 aromatic heterocycles. The zero-order valence-corrected chi connectivity index (χ0v) is 18.2. The summed E-state index contributed by atoms with van der Waals surface area (Å²) in [4.78, 5) is 26.0. The number of imidazole rings is 1. The molecule has 1 aliphatic heterocycles. The minimum Gasteiger partial charge on any atom is -0.336 e. The Bertz CT molecular complexity index is 1030. The third-order valence-corrected chi connectivity index (χ3v) is 5.39. The molecule has 2 amide bonds. The van der Waals surface area contributed by atoms with E-state index in [1.54, 1.807) is 0 Å². The summed E-state index contributed by atoms with van der Waals surface area (Å²) >= 11 is 0. The van der Waals surface area contributed by atoms with Crippen LogP contribution in [0.4, 0.5) is 4.79 Å². The fourth-order valence-electron chi connectivity index (χ4n) is 4.06. The molecule has 0 spiro atoms. The molecular weight excluding hydrogens is 376 g/mol. The van der Waals surface area contributed by atoms with Gasteiger partial charge >= 0.3 is 6.03 Å². The van der Waals surface area contributed by atoms with Crippen LogP contribution in [0.1, 0.15) is 30.8 Å². The van der Waals surface area contributed by atoms with Crippen LogP contribution in [-0.2, 0) is 6.54 Å². The standard InChI is InChI=1S/C23H30N6O/c1-16(2)25-23(30)28-10-8-27(9-11-28)15-21-26-20-6-5-7-24-22(20)29(21)19-13-17(3)12-18(4)14-19/h5-7,12-14,16H,8-11,15H2,1-4H3,(H,25,30). The molecule has 1 N–H and O–H groups in total. The number of amides is 2. The summed E-state index contributed by atoms with van der Waals surface area (Å²) < 4.78 is 2.17. The highest BCUT2D eigenvalue weighted by Gasteiger charge is 2.23. The number of nitrogens with zero attached hydrogens (tertiary/aromatic N) is 5. The van der Waals surface area contributed by atoms with Crippen molar-refractivity contribution < 1.29 is 4.79 Å². The van der Waals surface area contributed by atoms with E-state index in [4.69, 9.17) is 4.98 Å². The smallest absolute Gasteiger partial charge is 0.317 e. The van der Waals surface area contributed by atoms with Crippen LogP contribution in [0, 0.1) is 13.8 Å². The second-order valence-electron chi connectivity index (χ2n) is 8.42. The maximum Gasteiger partial charge on any atom is 0.317 e. The molecule has 30 heavy (non-hydrogen) atoms. The van der Waals surface area contributed by atoms with Gasteiger partial charge in [0, 0.05) is 44.1 Å². The van der Waals surface area contributed by atoms with Gasteiger partial charge in [-0.3, -0.25) is 9.47 Å². The van der Waals surface area contributed by atoms with Gasteiger partial charge in [0.15, 0.2) is 5.65 Å². The van der Waals surface area contributed by atoms with E-state index in [9.17, 15) is 4.79 Å². The van der Waals surface area contributed by atoms with E-state index in [1.807, 2.05) is 37.1 Å². The molecule has 7 heteroatoms. The molecule has 1 aliphatic rings. The van der Waals surface area contributed by atoms with Gasteiger partial charge < -0.3 is 10.2 Å². The summed E-state index contributed by atoms with van der Waals surface area (Å²) in [6.45, 7) is 12.0. The number of hydrogen-bond donors (Lipinski definition) is 1. The highest BCUT2D eigenvalue weighted by molar-refractivity contribution is 5.75. The van der Waals surface area contributed by atoms with Crippen LogP contribution in [0.3, 0.4) is 0 Å². The van der Waals surface area contributed by atoms with E-state index >= 15 is 0 Å². The number of carbonyl (C=O) groups excluding carboxylic acids is 1. The lowest BCUT2D eigenvalue weighted by molar-refractivity contribution is 0.132. The molecular formula is C23H30N6O. The zero-order valence-electron chi connectivity index (χ0n) is 18.2. The van der Waals surface area contributed by atoms with Gasteiger partial charge in [0.05, 0.1) is 6.54 Å². The van der Waals surface area contributed by atoms with E-state index < -0.39 is 0 Å². The number of pyridine rings is 1. The quantitative estimate of drug-likeness (QED) is 0.722. The van der Waals surface area contributed by atoms with Crippen LogP contribution < -0.4 is 5.32 Å². The van der Waals surface area contributed by atoms with E-state index in [-0.39, 0.29) is 12.1 Å². The van der Waals surface area contributed by atoms with Crippen molar-refractivity contribution in [1.82, 2.24) is 29.7 Å². The summed E-state index contributed by atoms with van der Waals surface area (Å²) in [5.41, 5.74) is 5.32. The SMILES string of the molecule is Cc1cc(C)cc(-n2c(CN3CCN(C(=O)NC(C)C)CC3)nc3cccnc32)c1. The van der Waals surface area contributed by atoms with Crippen LogP contribution in [0.2, 0.25) is 0 Å². The number of aromatic nitrogens is 3. The molecule has 0 radical (unpaired) electrons. The van der Waals surface area contributed by atoms with Crippen molar-refractivity contribution in [2.45, 2.75) is 40.3 Å². The van der Waals surface area contributed by atoms with Crippen molar-refractivity contribution in [3.05, 3.63) is 53.5 Å². The van der Waals surface area contributed by atoms with Gasteiger partial charge in [0.1, 0.15) is 11.3 Å². The monoisotopic (exact) mass is 406 g/mol. The zero-order chi connectivity index (χ0) is 21.3. The number of piperazine rings is 1. The molecule has 7 nitrogen and oxygen atoms in total. The Morgan fingerprint density at radius 1 is 1.10 bits per heavy atom. The van der Waals surface area contributed by atoms with Crippen LogP contribution >= 0.6 is 0 Å². The van der Waals surface area contributed by atoms with E-state index in [0.29, 0.717) is 0 Å². The van der Waals surface area contributed by atoms with Crippen LogP contribution in [0.15, 0.2) is 36.5 Å². The lowest BCUT2D eigenvalue weighted by Crippen LogP contribution is -2.52. The first-order chi connectivity index (χ1) is 14.4. The maximum atomic E-state index is 12.3. The topological polar surface area (TPSA) is 66.3 Å². The molecule has 158 valence electrons. The summed E-state index contributed by atoms with van der Waals surface area (Å²) in [6, 6.07) is 10.7. The fraction of sp³-hybridized carbons (Fsp3) is 0.435. The minimum absolute atomic E-state index is 0.0244. The Balaban J connectivity index is 1.57. The van der Waals surface area contributed by atoms with E-state index in [0.717, 1.165) is 55.4 Å². The lowest BCUT2D eigenvalue weighted by Gasteiger charge is -2.34. The second kappa shape index (κ2) is 8.44. The summed E-state index contributed by atoms with van der Waals surface area (Å²) in [7, 11) is 0. The van der Waals surface area contributed by atoms with Crippen molar-refractivity contribution in [1.29, 1.82) is 0 Å². The Labute approximate surface area is 177 Å². The van der Waals surface area contributed by atoms with Gasteiger partial charge in [0.2, 0.25) is 0 Å². The van der Waals surface area contributed by atoms with Gasteiger partial charge in [-0.1, -0.05) is 6.07 Å². The van der Waals surface area contributed by atoms with Crippen molar-refractivity contribution in [3.8, 4) is 5.69 Å². The highest BCUT2D eigenvalue weighted by Crippen LogP contribution is 2.23. The predicted octanol–water partition coefficient (Wildman–Crippen LogP) is 3.27. The predicted molar refractivity (Wildman–Crippen MR) is 119 cm³/mol. The Morgan fingerprint density at radius 3 is 2.47 bits per heavy atom. The maximum absolute atomic E-state index is 12.3. The summed E-state index contributed by atoms with van der Waals surface area (Å²) in [5, 5.41) is 2.98. The molecule has 0 bridgehead atoms. The number of carbonyl (C=O) groups is 1. The molecule has 0 atom stereocenters. The molecule has 1 saturated heterocycles. The Kier molecular flexibility index (Phi) is 5.72. The molecule has 0 saturated carbocycles. The van der Waals surface area contributed by atoms with Gasteiger partial charge in [-0.2, -0.15) is 0 Å². The average Bonchev–Trinajstić information content (AvgIpc) is 3.05. The largest absolute Gasteiger partial charge is 0.336 e. The van der Waals surface area contributed by atoms with E-state index in [2.05, 4.69) is 51.8 Å². The molecule has 1 aromatic carbocycles. The van der Waals surface area contributed by atoms with Crippen LogP contribution in [0.5, 0.6) is 0 Å². The van der Waals surface area contributed by atoms with Crippen molar-refractivity contribution in [2.24, 2.45) is 0 Å². The molecule has 0 aliphatic carbocycles. The number of fused-ring (bicyclic) bond motifs is 1. The Morgan fingerprint density at radius 2 is 1.80 bits per heavy atom. The number of hydrogen-bond acceptors (Lipinski definition) is 4. The Hall–Kier alpha value is -2.93. The molecule has 4 rings (SSSR count). The minimum atomic E-state index is 0.0244. The van der Waals surface area contributed by atoms with Gasteiger partial charge in [-0.25, -0.2) is 14.8 Å². The van der Waals surface area contributed by atoms with Gasteiger partial charge in [-0.15, -0.1) is 0 Å². The number of urea groups is 1. The number of rotatable bonds is 4. The first-order valence-electron chi connectivity index (χ1n) is 10.6. The fourth-order valence-corrected chi connectivity index (χ4v) is 4.06. The lowest BCUT2D eigenvalue weighted by atomic mass is 10.1. The van der Waals surface area contributed by atoms with Crippen molar-refractivity contribution >= 4 is 17.2 Å². The highest BCUT2D eigenvalue weighted by atomic mass is 16.2. The van der Waals surface area contributed by atoms with Gasteiger partial charge in [-0.05, 0) is 63.1 Å². The number of nitrogens with one attached hydrogen (secondary N) is 1. The molecule has 3 aromatic rings. The first-order valence-corrected chi connectivity index (χ1v) is 10.6. The van der Waals surface area contributed by atoms with Crippen LogP contribution in [0.25, 0.3) is 16.9 Å². The molecule has 1 fully saturated rings. The summed E-state index contributed by atoms with van der Waals surface area (Å²) in [6.07, 6.45) is 1.82. The third-order valence-electron chi connectivity index (χ3n) is 5.39. The molecule has 3 heterocycles. The van der Waals surface area contributed by atoms with E-state index in [1.165, 1.54) is 11.1 Å². The molecule has 0 unspecified atom stereocenters. The third kappa shape index (κ3) is 4.31. The second-order valence-corrected chi connectivity index (χ2v) is 8.42. The van der Waals surface area contributed by atoms with Crippen molar-refractivity contribution in [3.63, 3.8) is 0 Å². The number of benzene rings is 1. The average molecular weight is 407 g/mol.